The van der Waals surface area contributed by atoms with E-state index in [2.05, 4.69) is 5.32 Å². The van der Waals surface area contributed by atoms with Crippen molar-refractivity contribution in [3.63, 3.8) is 0 Å². The Balaban J connectivity index is 2.06. The van der Waals surface area contributed by atoms with Crippen LogP contribution >= 0.6 is 0 Å². The number of methoxy groups -OCH3 is 1. The van der Waals surface area contributed by atoms with Crippen molar-refractivity contribution in [1.82, 2.24) is 10.6 Å². The Labute approximate surface area is 138 Å². The van der Waals surface area contributed by atoms with E-state index < -0.39 is 30.4 Å². The molecule has 1 aliphatic carbocycles. The van der Waals surface area contributed by atoms with Gasteiger partial charge in [0.1, 0.15) is 5.75 Å². The van der Waals surface area contributed by atoms with Gasteiger partial charge in [-0.15, -0.1) is 0 Å². The summed E-state index contributed by atoms with van der Waals surface area (Å²) in [6.07, 6.45) is -2.62. The van der Waals surface area contributed by atoms with Crippen LogP contribution in [0.3, 0.4) is 0 Å². The smallest absolute Gasteiger partial charge is 0.412 e. The van der Waals surface area contributed by atoms with E-state index in [1.165, 1.54) is 31.4 Å². The van der Waals surface area contributed by atoms with Crippen LogP contribution in [0.1, 0.15) is 37.3 Å². The molecule has 0 saturated heterocycles. The van der Waals surface area contributed by atoms with Crippen LogP contribution in [0.4, 0.5) is 18.0 Å². The lowest BCUT2D eigenvalue weighted by Gasteiger charge is -2.29. The fraction of sp³-hybridized carbons (Fsp3) is 0.562. The molecule has 1 aromatic carbocycles. The number of benzene rings is 1. The quantitative estimate of drug-likeness (QED) is 0.785. The van der Waals surface area contributed by atoms with Crippen LogP contribution in [0.15, 0.2) is 24.3 Å². The molecule has 1 saturated carbocycles. The zero-order chi connectivity index (χ0) is 17.7. The predicted molar refractivity (Wildman–Crippen MR) is 81.7 cm³/mol. The van der Waals surface area contributed by atoms with Gasteiger partial charge in [-0.05, 0) is 30.5 Å². The number of aliphatic hydroxyl groups excluding tert-OH is 1. The molecule has 1 aliphatic rings. The van der Waals surface area contributed by atoms with E-state index >= 15 is 0 Å². The first-order chi connectivity index (χ1) is 11.3. The number of urea groups is 1. The van der Waals surface area contributed by atoms with Gasteiger partial charge < -0.3 is 20.5 Å². The highest BCUT2D eigenvalue weighted by atomic mass is 19.4. The van der Waals surface area contributed by atoms with Crippen molar-refractivity contribution >= 4 is 6.03 Å². The molecule has 1 aromatic rings. The zero-order valence-electron chi connectivity index (χ0n) is 13.3. The molecule has 0 bridgehead atoms. The predicted octanol–water partition coefficient (Wildman–Crippen LogP) is 2.90. The Morgan fingerprint density at radius 1 is 1.25 bits per heavy atom. The average molecular weight is 346 g/mol. The first kappa shape index (κ1) is 18.4. The zero-order valence-corrected chi connectivity index (χ0v) is 13.3. The summed E-state index contributed by atoms with van der Waals surface area (Å²) in [5.74, 6) is 0.425. The van der Waals surface area contributed by atoms with Crippen LogP contribution in [-0.4, -0.2) is 36.6 Å². The van der Waals surface area contributed by atoms with Crippen molar-refractivity contribution in [1.29, 1.82) is 0 Å². The van der Waals surface area contributed by atoms with Crippen LogP contribution in [0.2, 0.25) is 0 Å². The maximum Gasteiger partial charge on any atom is 0.412 e. The van der Waals surface area contributed by atoms with Crippen molar-refractivity contribution < 1.29 is 27.8 Å². The van der Waals surface area contributed by atoms with E-state index in [9.17, 15) is 23.1 Å². The second-order valence-corrected chi connectivity index (χ2v) is 5.82. The number of rotatable bonds is 4. The van der Waals surface area contributed by atoms with Gasteiger partial charge in [-0.2, -0.15) is 13.2 Å². The Morgan fingerprint density at radius 3 is 2.42 bits per heavy atom. The molecule has 134 valence electrons. The van der Waals surface area contributed by atoms with Gasteiger partial charge in [0.25, 0.3) is 0 Å². The minimum Gasteiger partial charge on any atom is -0.497 e. The molecule has 5 nitrogen and oxygen atoms in total. The fourth-order valence-corrected chi connectivity index (χ4v) is 2.77. The number of amides is 2. The molecule has 0 unspecified atom stereocenters. The molecule has 0 spiro atoms. The van der Waals surface area contributed by atoms with Gasteiger partial charge in [0.15, 0.2) is 6.04 Å². The molecule has 3 N–H and O–H groups in total. The lowest BCUT2D eigenvalue weighted by atomic mass is 9.93. The summed E-state index contributed by atoms with van der Waals surface area (Å²) in [5.41, 5.74) is -0.0948. The summed E-state index contributed by atoms with van der Waals surface area (Å²) in [6.45, 7) is 0. The summed E-state index contributed by atoms with van der Waals surface area (Å²) in [4.78, 5) is 12.0. The largest absolute Gasteiger partial charge is 0.497 e. The van der Waals surface area contributed by atoms with Gasteiger partial charge >= 0.3 is 12.2 Å². The van der Waals surface area contributed by atoms with E-state index in [0.717, 1.165) is 12.8 Å². The SMILES string of the molecule is COc1ccc([C@H](NC(=O)N[C@H]2CCCC[C@@H]2O)C(F)(F)F)cc1. The van der Waals surface area contributed by atoms with Gasteiger partial charge in [-0.3, -0.25) is 0 Å². The maximum atomic E-state index is 13.3. The van der Waals surface area contributed by atoms with Gasteiger partial charge in [0.05, 0.1) is 19.3 Å². The maximum absolute atomic E-state index is 13.3. The van der Waals surface area contributed by atoms with Crippen molar-refractivity contribution in [2.24, 2.45) is 0 Å². The number of hydrogen-bond acceptors (Lipinski definition) is 3. The standard InChI is InChI=1S/C16H21F3N2O3/c1-24-11-8-6-10(7-9-11)14(16(17,18)19)21-15(23)20-12-4-2-3-5-13(12)22/h6-9,12-14,22H,2-5H2,1H3,(H2,20,21,23)/t12-,13-,14-/m0/s1. The number of nitrogens with one attached hydrogen (secondary N) is 2. The third-order valence-corrected chi connectivity index (χ3v) is 4.10. The number of carbonyl (C=O) groups excluding carboxylic acids is 1. The Kier molecular flexibility index (Phi) is 5.93. The summed E-state index contributed by atoms with van der Waals surface area (Å²) in [6, 6.07) is 1.71. The molecule has 0 aliphatic heterocycles. The van der Waals surface area contributed by atoms with Crippen LogP contribution in [0, 0.1) is 0 Å². The molecule has 0 heterocycles. The van der Waals surface area contributed by atoms with Crippen LogP contribution in [0.25, 0.3) is 0 Å². The van der Waals surface area contributed by atoms with Crippen molar-refractivity contribution in [3.8, 4) is 5.75 Å². The molecule has 24 heavy (non-hydrogen) atoms. The highest BCUT2D eigenvalue weighted by Gasteiger charge is 2.42. The number of ether oxygens (including phenoxy) is 1. The topological polar surface area (TPSA) is 70.6 Å². The Morgan fingerprint density at radius 2 is 1.88 bits per heavy atom. The van der Waals surface area contributed by atoms with Gasteiger partial charge in [-0.25, -0.2) is 4.79 Å². The van der Waals surface area contributed by atoms with Gasteiger partial charge in [0, 0.05) is 0 Å². The minimum atomic E-state index is -4.64. The van der Waals surface area contributed by atoms with Crippen LogP contribution in [0.5, 0.6) is 5.75 Å². The van der Waals surface area contributed by atoms with Crippen molar-refractivity contribution in [3.05, 3.63) is 29.8 Å². The number of halogens is 3. The van der Waals surface area contributed by atoms with E-state index in [0.29, 0.717) is 18.6 Å². The molecule has 0 radical (unpaired) electrons. The molecule has 1 fully saturated rings. The lowest BCUT2D eigenvalue weighted by Crippen LogP contribution is -2.51. The first-order valence-electron chi connectivity index (χ1n) is 7.77. The lowest BCUT2D eigenvalue weighted by molar-refractivity contribution is -0.155. The van der Waals surface area contributed by atoms with Crippen molar-refractivity contribution in [2.75, 3.05) is 7.11 Å². The fourth-order valence-electron chi connectivity index (χ4n) is 2.77. The van der Waals surface area contributed by atoms with Crippen LogP contribution in [-0.2, 0) is 0 Å². The second-order valence-electron chi connectivity index (χ2n) is 5.82. The molecule has 2 amide bonds. The second kappa shape index (κ2) is 7.74. The third kappa shape index (κ3) is 4.77. The molecule has 2 rings (SSSR count). The summed E-state index contributed by atoms with van der Waals surface area (Å²) >= 11 is 0. The Hall–Kier alpha value is -1.96. The molecular weight excluding hydrogens is 325 g/mol. The first-order valence-corrected chi connectivity index (χ1v) is 7.77. The van der Waals surface area contributed by atoms with E-state index in [4.69, 9.17) is 4.74 Å². The monoisotopic (exact) mass is 346 g/mol. The Bertz CT molecular complexity index is 548. The third-order valence-electron chi connectivity index (χ3n) is 4.10. The minimum absolute atomic E-state index is 0.0948. The van der Waals surface area contributed by atoms with Gasteiger partial charge in [-0.1, -0.05) is 25.0 Å². The number of carbonyl (C=O) groups is 1. The summed E-state index contributed by atoms with van der Waals surface area (Å²) < 4.78 is 44.8. The summed E-state index contributed by atoms with van der Waals surface area (Å²) in [5, 5.41) is 14.2. The number of hydrogen-bond donors (Lipinski definition) is 3. The van der Waals surface area contributed by atoms with Gasteiger partial charge in [0.2, 0.25) is 0 Å². The molecule has 8 heteroatoms. The van der Waals surface area contributed by atoms with Crippen molar-refractivity contribution in [2.45, 2.75) is 50.0 Å². The normalized spacial score (nSPS) is 22.5. The highest BCUT2D eigenvalue weighted by molar-refractivity contribution is 5.75. The number of aliphatic hydroxyl groups is 1. The summed E-state index contributed by atoms with van der Waals surface area (Å²) in [7, 11) is 1.41. The van der Waals surface area contributed by atoms with E-state index in [1.54, 1.807) is 0 Å². The molecule has 0 aromatic heterocycles. The van der Waals surface area contributed by atoms with E-state index in [-0.39, 0.29) is 5.56 Å². The highest BCUT2D eigenvalue weighted by Crippen LogP contribution is 2.33. The molecule has 3 atom stereocenters. The van der Waals surface area contributed by atoms with Crippen LogP contribution < -0.4 is 15.4 Å². The van der Waals surface area contributed by atoms with E-state index in [1.807, 2.05) is 5.32 Å². The molecular formula is C16H21F3N2O3. The number of alkyl halides is 3. The average Bonchev–Trinajstić information content (AvgIpc) is 2.54.